The molecule has 0 saturated carbocycles. The topological polar surface area (TPSA) is 96.7 Å². The van der Waals surface area contributed by atoms with Gasteiger partial charge in [0.1, 0.15) is 11.3 Å². The van der Waals surface area contributed by atoms with Crippen LogP contribution in [0.5, 0.6) is 11.6 Å². The Morgan fingerprint density at radius 1 is 1.15 bits per heavy atom. The summed E-state index contributed by atoms with van der Waals surface area (Å²) in [6.07, 6.45) is 1.16. The Bertz CT molecular complexity index is 1080. The standard InChI is InChI=1S/C18H14ClN3O4/c1-26-12-8-6-11(7-9-12)22-17(24)13(16(23)21-18(22)25)10-20-15-5-3-2-4-14(15)19/h2-10,24H,1H3,(H,21,23,25). The molecule has 26 heavy (non-hydrogen) atoms. The number of ether oxygens (including phenoxy) is 1. The van der Waals surface area contributed by atoms with Crippen LogP contribution >= 0.6 is 11.6 Å². The monoisotopic (exact) mass is 371 g/mol. The first-order chi connectivity index (χ1) is 12.5. The fourth-order valence-corrected chi connectivity index (χ4v) is 2.50. The number of aromatic nitrogens is 2. The second kappa shape index (κ2) is 7.28. The van der Waals surface area contributed by atoms with Crippen molar-refractivity contribution in [1.29, 1.82) is 0 Å². The Morgan fingerprint density at radius 2 is 1.85 bits per heavy atom. The van der Waals surface area contributed by atoms with Crippen LogP contribution in [0.25, 0.3) is 5.69 Å². The molecule has 2 aromatic carbocycles. The van der Waals surface area contributed by atoms with E-state index in [4.69, 9.17) is 16.3 Å². The van der Waals surface area contributed by atoms with Gasteiger partial charge in [0.15, 0.2) is 0 Å². The van der Waals surface area contributed by atoms with Crippen molar-refractivity contribution in [2.45, 2.75) is 0 Å². The van der Waals surface area contributed by atoms with Crippen molar-refractivity contribution >= 4 is 23.5 Å². The summed E-state index contributed by atoms with van der Waals surface area (Å²) in [6, 6.07) is 13.2. The first kappa shape index (κ1) is 17.5. The van der Waals surface area contributed by atoms with E-state index in [1.54, 1.807) is 48.5 Å². The number of nitrogens with one attached hydrogen (secondary N) is 1. The van der Waals surface area contributed by atoms with E-state index < -0.39 is 17.1 Å². The summed E-state index contributed by atoms with van der Waals surface area (Å²) in [7, 11) is 1.52. The van der Waals surface area contributed by atoms with Gasteiger partial charge in [-0.25, -0.2) is 9.36 Å². The minimum atomic E-state index is -0.771. The average Bonchev–Trinajstić information content (AvgIpc) is 2.63. The van der Waals surface area contributed by atoms with E-state index in [1.807, 2.05) is 0 Å². The maximum Gasteiger partial charge on any atom is 0.335 e. The summed E-state index contributed by atoms with van der Waals surface area (Å²) in [5.74, 6) is 0.0611. The van der Waals surface area contributed by atoms with Gasteiger partial charge in [-0.3, -0.25) is 14.8 Å². The fraction of sp³-hybridized carbons (Fsp3) is 0.0556. The van der Waals surface area contributed by atoms with E-state index in [9.17, 15) is 14.7 Å². The zero-order chi connectivity index (χ0) is 18.7. The van der Waals surface area contributed by atoms with Gasteiger partial charge in [-0.15, -0.1) is 0 Å². The molecule has 3 aromatic rings. The number of aromatic amines is 1. The first-order valence-electron chi connectivity index (χ1n) is 7.52. The van der Waals surface area contributed by atoms with Crippen LogP contribution in [-0.2, 0) is 0 Å². The molecular weight excluding hydrogens is 358 g/mol. The Morgan fingerprint density at radius 3 is 2.50 bits per heavy atom. The number of hydrogen-bond acceptors (Lipinski definition) is 5. The van der Waals surface area contributed by atoms with E-state index in [1.165, 1.54) is 7.11 Å². The van der Waals surface area contributed by atoms with E-state index in [-0.39, 0.29) is 5.56 Å². The van der Waals surface area contributed by atoms with Crippen molar-refractivity contribution in [2.75, 3.05) is 7.11 Å². The molecule has 0 aliphatic heterocycles. The molecule has 0 unspecified atom stereocenters. The number of nitrogens with zero attached hydrogens (tertiary/aromatic N) is 2. The molecule has 0 aliphatic rings. The van der Waals surface area contributed by atoms with Crippen molar-refractivity contribution in [3.8, 4) is 17.3 Å². The minimum absolute atomic E-state index is 0.166. The van der Waals surface area contributed by atoms with E-state index in [2.05, 4.69) is 9.98 Å². The molecule has 0 aliphatic carbocycles. The zero-order valence-electron chi connectivity index (χ0n) is 13.6. The molecule has 0 fully saturated rings. The third kappa shape index (κ3) is 3.38. The van der Waals surface area contributed by atoms with Gasteiger partial charge in [-0.05, 0) is 36.4 Å². The van der Waals surface area contributed by atoms with Crippen molar-refractivity contribution in [1.82, 2.24) is 9.55 Å². The second-order valence-electron chi connectivity index (χ2n) is 5.24. The number of methoxy groups -OCH3 is 1. The molecule has 7 nitrogen and oxygen atoms in total. The highest BCUT2D eigenvalue weighted by atomic mass is 35.5. The van der Waals surface area contributed by atoms with Crippen molar-refractivity contribution in [3.63, 3.8) is 0 Å². The largest absolute Gasteiger partial charge is 0.497 e. The molecular formula is C18H14ClN3O4. The minimum Gasteiger partial charge on any atom is -0.497 e. The van der Waals surface area contributed by atoms with Gasteiger partial charge in [0.05, 0.1) is 23.5 Å². The number of rotatable bonds is 4. The second-order valence-corrected chi connectivity index (χ2v) is 5.65. The van der Waals surface area contributed by atoms with Crippen LogP contribution in [0.4, 0.5) is 5.69 Å². The number of H-pyrrole nitrogens is 1. The van der Waals surface area contributed by atoms with Crippen LogP contribution in [0, 0.1) is 0 Å². The smallest absolute Gasteiger partial charge is 0.335 e. The van der Waals surface area contributed by atoms with Crippen molar-refractivity contribution < 1.29 is 9.84 Å². The number of halogens is 1. The van der Waals surface area contributed by atoms with Gasteiger partial charge in [-0.2, -0.15) is 0 Å². The summed E-state index contributed by atoms with van der Waals surface area (Å²) in [5, 5.41) is 10.9. The Hall–Kier alpha value is -3.32. The number of hydrogen-bond donors (Lipinski definition) is 2. The summed E-state index contributed by atoms with van der Waals surface area (Å²) in [6.45, 7) is 0. The van der Waals surface area contributed by atoms with Gasteiger partial charge < -0.3 is 9.84 Å². The van der Waals surface area contributed by atoms with Gasteiger partial charge in [0, 0.05) is 6.21 Å². The van der Waals surface area contributed by atoms with Crippen LogP contribution in [-0.4, -0.2) is 28.0 Å². The predicted molar refractivity (Wildman–Crippen MR) is 99.6 cm³/mol. The predicted octanol–water partition coefficient (Wildman–Crippen LogP) is 2.64. The summed E-state index contributed by atoms with van der Waals surface area (Å²) >= 11 is 6.02. The highest BCUT2D eigenvalue weighted by Gasteiger charge is 2.14. The Labute approximate surface area is 152 Å². The SMILES string of the molecule is COc1ccc(-n2c(O)c(C=Nc3ccccc3Cl)c(=O)[nH]c2=O)cc1. The molecule has 0 bridgehead atoms. The van der Waals surface area contributed by atoms with Crippen LogP contribution < -0.4 is 16.0 Å². The van der Waals surface area contributed by atoms with Crippen LogP contribution in [0.1, 0.15) is 5.56 Å². The molecule has 0 saturated heterocycles. The third-order valence-corrected chi connectivity index (χ3v) is 3.96. The van der Waals surface area contributed by atoms with Gasteiger partial charge >= 0.3 is 5.69 Å². The summed E-state index contributed by atoms with van der Waals surface area (Å²) < 4.78 is 6.03. The molecule has 0 radical (unpaired) electrons. The number of aromatic hydroxyl groups is 1. The van der Waals surface area contributed by atoms with E-state index in [0.29, 0.717) is 22.1 Å². The van der Waals surface area contributed by atoms with Gasteiger partial charge in [0.2, 0.25) is 5.88 Å². The maximum atomic E-state index is 12.1. The first-order valence-corrected chi connectivity index (χ1v) is 7.90. The zero-order valence-corrected chi connectivity index (χ0v) is 14.4. The van der Waals surface area contributed by atoms with Crippen molar-refractivity contribution in [2.24, 2.45) is 4.99 Å². The lowest BCUT2D eigenvalue weighted by atomic mass is 10.2. The molecule has 0 atom stereocenters. The molecule has 0 spiro atoms. The molecule has 132 valence electrons. The van der Waals surface area contributed by atoms with E-state index >= 15 is 0 Å². The van der Waals surface area contributed by atoms with Crippen LogP contribution in [0.15, 0.2) is 63.1 Å². The van der Waals surface area contributed by atoms with Gasteiger partial charge in [-0.1, -0.05) is 23.7 Å². The summed E-state index contributed by atoms with van der Waals surface area (Å²) in [5.41, 5.74) is -0.909. The molecule has 2 N–H and O–H groups in total. The van der Waals surface area contributed by atoms with Crippen molar-refractivity contribution in [3.05, 3.63) is 80.0 Å². The summed E-state index contributed by atoms with van der Waals surface area (Å²) in [4.78, 5) is 30.5. The molecule has 1 aromatic heterocycles. The van der Waals surface area contributed by atoms with Crippen LogP contribution in [0.3, 0.4) is 0 Å². The number of aliphatic imine (C=N–C) groups is 1. The quantitative estimate of drug-likeness (QED) is 0.689. The molecule has 3 rings (SSSR count). The lowest BCUT2D eigenvalue weighted by Gasteiger charge is -2.10. The maximum absolute atomic E-state index is 12.1. The third-order valence-electron chi connectivity index (χ3n) is 3.64. The highest BCUT2D eigenvalue weighted by Crippen LogP contribution is 2.24. The molecule has 1 heterocycles. The van der Waals surface area contributed by atoms with Gasteiger partial charge in [0.25, 0.3) is 5.56 Å². The Balaban J connectivity index is 2.11. The van der Waals surface area contributed by atoms with E-state index in [0.717, 1.165) is 10.8 Å². The lowest BCUT2D eigenvalue weighted by Crippen LogP contribution is -2.31. The highest BCUT2D eigenvalue weighted by molar-refractivity contribution is 6.33. The normalized spacial score (nSPS) is 11.0. The average molecular weight is 372 g/mol. The Kier molecular flexibility index (Phi) is 4.90. The van der Waals surface area contributed by atoms with Crippen LogP contribution in [0.2, 0.25) is 5.02 Å². The fourth-order valence-electron chi connectivity index (χ4n) is 2.32. The molecule has 0 amide bonds. The number of benzene rings is 2. The lowest BCUT2D eigenvalue weighted by molar-refractivity contribution is 0.414. The molecule has 8 heteroatoms. The number of para-hydroxylation sites is 1.